The van der Waals surface area contributed by atoms with Crippen LogP contribution < -0.4 is 15.4 Å². The summed E-state index contributed by atoms with van der Waals surface area (Å²) in [5.74, 6) is -0.122. The number of hydrogen-bond donors (Lipinski definition) is 2. The van der Waals surface area contributed by atoms with Gasteiger partial charge in [0, 0.05) is 24.7 Å². The molecule has 0 saturated carbocycles. The minimum atomic E-state index is -0.335. The van der Waals surface area contributed by atoms with E-state index in [9.17, 15) is 14.4 Å². The number of carbonyl (C=O) groups is 3. The van der Waals surface area contributed by atoms with Crippen molar-refractivity contribution < 1.29 is 23.9 Å². The molecule has 0 spiro atoms. The van der Waals surface area contributed by atoms with E-state index in [0.717, 1.165) is 12.8 Å². The summed E-state index contributed by atoms with van der Waals surface area (Å²) < 4.78 is 12.2. The molecule has 0 bridgehead atoms. The number of aromatic nitrogens is 1. The van der Waals surface area contributed by atoms with E-state index >= 15 is 0 Å². The number of carbonyl (C=O) groups excluding carboxylic acids is 3. The van der Waals surface area contributed by atoms with E-state index < -0.39 is 0 Å². The highest BCUT2D eigenvalue weighted by Gasteiger charge is 2.39. The van der Waals surface area contributed by atoms with Gasteiger partial charge >= 0.3 is 0 Å². The summed E-state index contributed by atoms with van der Waals surface area (Å²) in [6.45, 7) is 2.93. The average Bonchev–Trinajstić information content (AvgIpc) is 3.36. The Morgan fingerprint density at radius 2 is 2.15 bits per heavy atom. The molecule has 2 aliphatic rings. The second kappa shape index (κ2) is 10.3. The van der Waals surface area contributed by atoms with Crippen LogP contribution in [0.15, 0.2) is 29.1 Å². The maximum atomic E-state index is 13.3. The van der Waals surface area contributed by atoms with E-state index in [0.29, 0.717) is 42.1 Å². The molecule has 3 heterocycles. The van der Waals surface area contributed by atoms with Gasteiger partial charge in [0.15, 0.2) is 0 Å². The second-order valence-corrected chi connectivity index (χ2v) is 8.98. The van der Waals surface area contributed by atoms with Crippen molar-refractivity contribution in [1.29, 1.82) is 0 Å². The Labute approximate surface area is 196 Å². The summed E-state index contributed by atoms with van der Waals surface area (Å²) in [5, 5.41) is 7.32. The standard InChI is InChI=1S/C23H28N4O5S/c1-3-8-24-21(28)10-15-5-6-18-20(32-15)11-31-19-7-4-14(9-16(19)23(30)27(18)2)26-22(29)17-12-33-13-25-17/h4,7,9,12-13,15,18,20H,3,5-6,8,10-11H2,1-2H3,(H,24,28)(H,26,29)/t15-,18+,20+/m1/s1. The molecule has 0 radical (unpaired) electrons. The molecule has 2 aliphatic heterocycles. The molecule has 1 fully saturated rings. The number of ether oxygens (including phenoxy) is 2. The van der Waals surface area contributed by atoms with Gasteiger partial charge in [-0.25, -0.2) is 4.98 Å². The number of amides is 3. The third-order valence-electron chi connectivity index (χ3n) is 5.92. The summed E-state index contributed by atoms with van der Waals surface area (Å²) in [5.41, 5.74) is 2.79. The number of nitrogens with one attached hydrogen (secondary N) is 2. The minimum Gasteiger partial charge on any atom is -0.490 e. The number of hydrogen-bond acceptors (Lipinski definition) is 7. The van der Waals surface area contributed by atoms with Crippen LogP contribution in [-0.2, 0) is 9.53 Å². The van der Waals surface area contributed by atoms with Crippen molar-refractivity contribution in [3.05, 3.63) is 40.3 Å². The molecule has 1 aromatic heterocycles. The predicted molar refractivity (Wildman–Crippen MR) is 124 cm³/mol. The van der Waals surface area contributed by atoms with Crippen molar-refractivity contribution in [2.75, 3.05) is 25.5 Å². The van der Waals surface area contributed by atoms with Crippen LogP contribution in [0.25, 0.3) is 0 Å². The lowest BCUT2D eigenvalue weighted by Crippen LogP contribution is -2.54. The molecule has 1 saturated heterocycles. The third kappa shape index (κ3) is 5.33. The van der Waals surface area contributed by atoms with Crippen molar-refractivity contribution in [2.45, 2.75) is 50.9 Å². The normalized spacial score (nSPS) is 22.3. The fraction of sp³-hybridized carbons (Fsp3) is 0.478. The van der Waals surface area contributed by atoms with E-state index in [-0.39, 0.29) is 42.6 Å². The lowest BCUT2D eigenvalue weighted by Gasteiger charge is -2.42. The number of likely N-dealkylation sites (N-methyl/N-ethyl adjacent to an activating group) is 1. The maximum absolute atomic E-state index is 13.3. The number of rotatable bonds is 6. The lowest BCUT2D eigenvalue weighted by atomic mass is 9.94. The van der Waals surface area contributed by atoms with Gasteiger partial charge in [-0.1, -0.05) is 6.92 Å². The van der Waals surface area contributed by atoms with Gasteiger partial charge in [0.05, 0.1) is 29.6 Å². The van der Waals surface area contributed by atoms with Crippen LogP contribution in [-0.4, -0.2) is 66.1 Å². The highest BCUT2D eigenvalue weighted by atomic mass is 32.1. The predicted octanol–water partition coefficient (Wildman–Crippen LogP) is 2.69. The summed E-state index contributed by atoms with van der Waals surface area (Å²) in [4.78, 5) is 43.4. The molecule has 3 atom stereocenters. The fourth-order valence-corrected chi connectivity index (χ4v) is 4.70. The number of nitrogens with zero attached hydrogens (tertiary/aromatic N) is 2. The Bertz CT molecular complexity index is 1010. The van der Waals surface area contributed by atoms with Crippen molar-refractivity contribution in [3.63, 3.8) is 0 Å². The van der Waals surface area contributed by atoms with Crippen molar-refractivity contribution in [1.82, 2.24) is 15.2 Å². The summed E-state index contributed by atoms with van der Waals surface area (Å²) in [7, 11) is 1.76. The number of benzene rings is 1. The van der Waals surface area contributed by atoms with Crippen LogP contribution in [0.2, 0.25) is 0 Å². The quantitative estimate of drug-likeness (QED) is 0.669. The summed E-state index contributed by atoms with van der Waals surface area (Å²) >= 11 is 1.34. The molecular weight excluding hydrogens is 444 g/mol. The Kier molecular flexibility index (Phi) is 7.24. The molecule has 2 aromatic rings. The molecule has 10 heteroatoms. The molecule has 0 unspecified atom stereocenters. The molecule has 2 N–H and O–H groups in total. The SMILES string of the molecule is CCCNC(=O)C[C@H]1CC[C@H]2[C@H](COc3ccc(NC(=O)c4cscn4)cc3C(=O)N2C)O1. The van der Waals surface area contributed by atoms with Gasteiger partial charge in [-0.05, 0) is 37.5 Å². The minimum absolute atomic E-state index is 0.0194. The zero-order chi connectivity index (χ0) is 23.4. The van der Waals surface area contributed by atoms with Crippen LogP contribution in [0.4, 0.5) is 5.69 Å². The van der Waals surface area contributed by atoms with Gasteiger partial charge < -0.3 is 25.0 Å². The molecule has 4 rings (SSSR count). The summed E-state index contributed by atoms with van der Waals surface area (Å²) in [6, 6.07) is 4.84. The zero-order valence-electron chi connectivity index (χ0n) is 18.7. The summed E-state index contributed by atoms with van der Waals surface area (Å²) in [6.07, 6.45) is 2.08. The first kappa shape index (κ1) is 23.2. The maximum Gasteiger partial charge on any atom is 0.275 e. The van der Waals surface area contributed by atoms with Crippen LogP contribution >= 0.6 is 11.3 Å². The van der Waals surface area contributed by atoms with Crippen molar-refractivity contribution >= 4 is 34.7 Å². The van der Waals surface area contributed by atoms with Gasteiger partial charge in [0.2, 0.25) is 5.91 Å². The van der Waals surface area contributed by atoms with E-state index in [1.165, 1.54) is 11.3 Å². The molecule has 33 heavy (non-hydrogen) atoms. The van der Waals surface area contributed by atoms with Gasteiger partial charge in [-0.15, -0.1) is 11.3 Å². The fourth-order valence-electron chi connectivity index (χ4n) is 4.17. The van der Waals surface area contributed by atoms with Crippen molar-refractivity contribution in [2.24, 2.45) is 0 Å². The Balaban J connectivity index is 1.46. The van der Waals surface area contributed by atoms with E-state index in [1.807, 2.05) is 6.92 Å². The van der Waals surface area contributed by atoms with Crippen LogP contribution in [0, 0.1) is 0 Å². The number of anilines is 1. The van der Waals surface area contributed by atoms with Crippen LogP contribution in [0.3, 0.4) is 0 Å². The van der Waals surface area contributed by atoms with E-state index in [1.54, 1.807) is 41.0 Å². The highest BCUT2D eigenvalue weighted by molar-refractivity contribution is 7.07. The Morgan fingerprint density at radius 1 is 1.30 bits per heavy atom. The number of thiazole rings is 1. The molecule has 1 aromatic carbocycles. The van der Waals surface area contributed by atoms with E-state index in [4.69, 9.17) is 9.47 Å². The van der Waals surface area contributed by atoms with Gasteiger partial charge in [0.25, 0.3) is 11.8 Å². The van der Waals surface area contributed by atoms with E-state index in [2.05, 4.69) is 15.6 Å². The molecule has 0 aliphatic carbocycles. The monoisotopic (exact) mass is 472 g/mol. The Morgan fingerprint density at radius 3 is 2.91 bits per heavy atom. The first-order chi connectivity index (χ1) is 16.0. The first-order valence-electron chi connectivity index (χ1n) is 11.1. The smallest absolute Gasteiger partial charge is 0.275 e. The molecule has 9 nitrogen and oxygen atoms in total. The highest BCUT2D eigenvalue weighted by Crippen LogP contribution is 2.32. The largest absolute Gasteiger partial charge is 0.490 e. The average molecular weight is 473 g/mol. The van der Waals surface area contributed by atoms with Crippen LogP contribution in [0.1, 0.15) is 53.5 Å². The zero-order valence-corrected chi connectivity index (χ0v) is 19.5. The third-order valence-corrected chi connectivity index (χ3v) is 6.51. The second-order valence-electron chi connectivity index (χ2n) is 8.26. The van der Waals surface area contributed by atoms with Gasteiger partial charge in [0.1, 0.15) is 24.2 Å². The van der Waals surface area contributed by atoms with Gasteiger partial charge in [-0.2, -0.15) is 0 Å². The lowest BCUT2D eigenvalue weighted by molar-refractivity contribution is -0.134. The van der Waals surface area contributed by atoms with Crippen molar-refractivity contribution in [3.8, 4) is 5.75 Å². The van der Waals surface area contributed by atoms with Crippen LogP contribution in [0.5, 0.6) is 5.75 Å². The molecule has 3 amide bonds. The molecular formula is C23H28N4O5S. The molecule has 176 valence electrons. The number of fused-ring (bicyclic) bond motifs is 2. The first-order valence-corrected chi connectivity index (χ1v) is 12.1. The topological polar surface area (TPSA) is 110 Å². The van der Waals surface area contributed by atoms with Gasteiger partial charge in [-0.3, -0.25) is 14.4 Å². The Hall–Kier alpha value is -2.98.